The number of hydrogen-bond acceptors (Lipinski definition) is 4. The first kappa shape index (κ1) is 14.5. The average Bonchev–Trinajstić information content (AvgIpc) is 2.47. The number of amides is 1. The lowest BCUT2D eigenvalue weighted by molar-refractivity contribution is -0.385. The molecule has 0 radical (unpaired) electrons. The summed E-state index contributed by atoms with van der Waals surface area (Å²) in [6.45, 7) is 1.69. The van der Waals surface area contributed by atoms with Crippen LogP contribution in [0.2, 0.25) is 0 Å². The second-order valence-electron chi connectivity index (χ2n) is 4.47. The molecule has 0 aliphatic rings. The molecule has 0 unspecified atom stereocenters. The van der Waals surface area contributed by atoms with Gasteiger partial charge in [-0.15, -0.1) is 0 Å². The van der Waals surface area contributed by atoms with Crippen LogP contribution in [0.15, 0.2) is 48.5 Å². The Labute approximate surface area is 121 Å². The van der Waals surface area contributed by atoms with E-state index in [4.69, 9.17) is 0 Å². The predicted molar refractivity (Wildman–Crippen MR) is 81.4 cm³/mol. The van der Waals surface area contributed by atoms with Crippen LogP contribution in [0, 0.1) is 17.0 Å². The van der Waals surface area contributed by atoms with Gasteiger partial charge < -0.3 is 10.6 Å². The van der Waals surface area contributed by atoms with Gasteiger partial charge in [-0.2, -0.15) is 0 Å². The van der Waals surface area contributed by atoms with Crippen LogP contribution >= 0.6 is 0 Å². The smallest absolute Gasteiger partial charge is 0.274 e. The molecule has 0 spiro atoms. The van der Waals surface area contributed by atoms with E-state index in [-0.39, 0.29) is 18.1 Å². The molecule has 6 heteroatoms. The Kier molecular flexibility index (Phi) is 4.50. The number of anilines is 2. The molecule has 0 heterocycles. The van der Waals surface area contributed by atoms with Gasteiger partial charge in [0.15, 0.2) is 0 Å². The van der Waals surface area contributed by atoms with Crippen molar-refractivity contribution in [2.45, 2.75) is 6.92 Å². The summed E-state index contributed by atoms with van der Waals surface area (Å²) in [5.74, 6) is -0.216. The fraction of sp³-hybridized carbons (Fsp3) is 0.133. The van der Waals surface area contributed by atoms with Crippen LogP contribution < -0.4 is 10.6 Å². The summed E-state index contributed by atoms with van der Waals surface area (Å²) < 4.78 is 0. The Morgan fingerprint density at radius 2 is 1.86 bits per heavy atom. The first-order valence-electron chi connectivity index (χ1n) is 6.40. The van der Waals surface area contributed by atoms with Gasteiger partial charge in [-0.25, -0.2) is 0 Å². The molecule has 0 saturated carbocycles. The van der Waals surface area contributed by atoms with E-state index in [1.165, 1.54) is 6.07 Å². The Bertz CT molecular complexity index is 656. The van der Waals surface area contributed by atoms with E-state index in [1.54, 1.807) is 31.2 Å². The predicted octanol–water partition coefficient (Wildman–Crippen LogP) is 2.95. The topological polar surface area (TPSA) is 84.3 Å². The van der Waals surface area contributed by atoms with Crippen molar-refractivity contribution in [2.24, 2.45) is 0 Å². The lowest BCUT2D eigenvalue weighted by Crippen LogP contribution is -2.22. The van der Waals surface area contributed by atoms with Crippen LogP contribution in [0.5, 0.6) is 0 Å². The standard InChI is InChI=1S/C15H15N3O3/c1-11-13(8-5-9-14(11)18(20)21)16-10-15(19)17-12-6-3-2-4-7-12/h2-9,16H,10H2,1H3,(H,17,19). The van der Waals surface area contributed by atoms with Crippen LogP contribution in [0.1, 0.15) is 5.56 Å². The van der Waals surface area contributed by atoms with Gasteiger partial charge in [-0.1, -0.05) is 24.3 Å². The molecular formula is C15H15N3O3. The van der Waals surface area contributed by atoms with Gasteiger partial charge in [0, 0.05) is 23.0 Å². The monoisotopic (exact) mass is 285 g/mol. The van der Waals surface area contributed by atoms with Gasteiger partial charge in [0.2, 0.25) is 5.91 Å². The van der Waals surface area contributed by atoms with Crippen LogP contribution in [0.4, 0.5) is 17.1 Å². The number of hydrogen-bond donors (Lipinski definition) is 2. The molecule has 2 aromatic carbocycles. The van der Waals surface area contributed by atoms with Gasteiger partial charge in [0.1, 0.15) is 0 Å². The Balaban J connectivity index is 1.99. The summed E-state index contributed by atoms with van der Waals surface area (Å²) in [5, 5.41) is 16.5. The molecule has 0 aromatic heterocycles. The number of nitrogens with zero attached hydrogens (tertiary/aromatic N) is 1. The van der Waals surface area contributed by atoms with Crippen molar-refractivity contribution in [3.63, 3.8) is 0 Å². The molecule has 0 aliphatic carbocycles. The number of nitro benzene ring substituents is 1. The molecular weight excluding hydrogens is 270 g/mol. The van der Waals surface area contributed by atoms with E-state index in [1.807, 2.05) is 18.2 Å². The van der Waals surface area contributed by atoms with Crippen molar-refractivity contribution in [1.29, 1.82) is 0 Å². The van der Waals surface area contributed by atoms with Gasteiger partial charge in [-0.05, 0) is 25.1 Å². The largest absolute Gasteiger partial charge is 0.376 e. The van der Waals surface area contributed by atoms with Crippen molar-refractivity contribution < 1.29 is 9.72 Å². The minimum Gasteiger partial charge on any atom is -0.376 e. The highest BCUT2D eigenvalue weighted by Gasteiger charge is 2.13. The van der Waals surface area contributed by atoms with Crippen LogP contribution in [0.3, 0.4) is 0 Å². The van der Waals surface area contributed by atoms with Crippen LogP contribution in [-0.4, -0.2) is 17.4 Å². The van der Waals surface area contributed by atoms with E-state index in [2.05, 4.69) is 10.6 Å². The van der Waals surface area contributed by atoms with Crippen molar-refractivity contribution >= 4 is 23.0 Å². The Morgan fingerprint density at radius 3 is 2.52 bits per heavy atom. The average molecular weight is 285 g/mol. The van der Waals surface area contributed by atoms with Gasteiger partial charge in [0.25, 0.3) is 5.69 Å². The highest BCUT2D eigenvalue weighted by molar-refractivity contribution is 5.93. The second kappa shape index (κ2) is 6.51. The normalized spacial score (nSPS) is 9.95. The van der Waals surface area contributed by atoms with Gasteiger partial charge in [0.05, 0.1) is 11.5 Å². The zero-order valence-electron chi connectivity index (χ0n) is 11.5. The number of nitro groups is 1. The van der Waals surface area contributed by atoms with Crippen LogP contribution in [0.25, 0.3) is 0 Å². The fourth-order valence-corrected chi connectivity index (χ4v) is 1.91. The number of nitrogens with one attached hydrogen (secondary N) is 2. The number of carbonyl (C=O) groups is 1. The zero-order chi connectivity index (χ0) is 15.2. The maximum absolute atomic E-state index is 11.8. The highest BCUT2D eigenvalue weighted by atomic mass is 16.6. The maximum Gasteiger partial charge on any atom is 0.274 e. The second-order valence-corrected chi connectivity index (χ2v) is 4.47. The summed E-state index contributed by atoms with van der Waals surface area (Å²) >= 11 is 0. The molecule has 0 saturated heterocycles. The molecule has 2 aromatic rings. The molecule has 0 atom stereocenters. The highest BCUT2D eigenvalue weighted by Crippen LogP contribution is 2.24. The SMILES string of the molecule is Cc1c(NCC(=O)Nc2ccccc2)cccc1[N+](=O)[O-]. The molecule has 0 aliphatic heterocycles. The number of benzene rings is 2. The summed E-state index contributed by atoms with van der Waals surface area (Å²) in [7, 11) is 0. The quantitative estimate of drug-likeness (QED) is 0.653. The summed E-state index contributed by atoms with van der Waals surface area (Å²) in [4.78, 5) is 22.2. The van der Waals surface area contributed by atoms with Crippen molar-refractivity contribution in [3.8, 4) is 0 Å². The van der Waals surface area contributed by atoms with Crippen molar-refractivity contribution in [1.82, 2.24) is 0 Å². The van der Waals surface area contributed by atoms with Gasteiger partial charge >= 0.3 is 0 Å². The summed E-state index contributed by atoms with van der Waals surface area (Å²) in [5.41, 5.74) is 1.82. The lowest BCUT2D eigenvalue weighted by atomic mass is 10.1. The molecule has 6 nitrogen and oxygen atoms in total. The maximum atomic E-state index is 11.8. The molecule has 21 heavy (non-hydrogen) atoms. The zero-order valence-corrected chi connectivity index (χ0v) is 11.5. The third-order valence-electron chi connectivity index (χ3n) is 3.00. The van der Waals surface area contributed by atoms with E-state index >= 15 is 0 Å². The Morgan fingerprint density at radius 1 is 1.14 bits per heavy atom. The van der Waals surface area contributed by atoms with Crippen LogP contribution in [-0.2, 0) is 4.79 Å². The number of carbonyl (C=O) groups excluding carboxylic acids is 1. The lowest BCUT2D eigenvalue weighted by Gasteiger charge is -2.10. The molecule has 1 amide bonds. The van der Waals surface area contributed by atoms with Gasteiger partial charge in [-0.3, -0.25) is 14.9 Å². The van der Waals surface area contributed by atoms with E-state index in [0.717, 1.165) is 0 Å². The summed E-state index contributed by atoms with van der Waals surface area (Å²) in [6.07, 6.45) is 0. The molecule has 2 rings (SSSR count). The third-order valence-corrected chi connectivity index (χ3v) is 3.00. The van der Waals surface area contributed by atoms with E-state index < -0.39 is 4.92 Å². The fourth-order valence-electron chi connectivity index (χ4n) is 1.91. The van der Waals surface area contributed by atoms with Crippen molar-refractivity contribution in [3.05, 3.63) is 64.2 Å². The number of rotatable bonds is 5. The van der Waals surface area contributed by atoms with Crippen molar-refractivity contribution in [2.75, 3.05) is 17.2 Å². The molecule has 2 N–H and O–H groups in total. The first-order chi connectivity index (χ1) is 10.1. The minimum absolute atomic E-state index is 0.0310. The molecule has 108 valence electrons. The number of para-hydroxylation sites is 1. The minimum atomic E-state index is -0.440. The Hall–Kier alpha value is -2.89. The summed E-state index contributed by atoms with van der Waals surface area (Å²) in [6, 6.07) is 13.8. The van der Waals surface area contributed by atoms with E-state index in [9.17, 15) is 14.9 Å². The molecule has 0 fully saturated rings. The molecule has 0 bridgehead atoms. The third kappa shape index (κ3) is 3.79. The van der Waals surface area contributed by atoms with E-state index in [0.29, 0.717) is 16.9 Å². The first-order valence-corrected chi connectivity index (χ1v) is 6.40.